The molecule has 5 heteroatoms. The SMILES string of the molecule is CN1[C@](C)(c2ccccc2)[C@H]2C=C[C@@H]([C@@H](O)c3ccco3)C=C2P1(=O)c1ccccc1. The third-order valence-corrected chi connectivity index (χ3v) is 10.3. The van der Waals surface area contributed by atoms with Crippen molar-refractivity contribution in [3.63, 3.8) is 0 Å². The molecule has 1 N–H and O–H groups in total. The maximum atomic E-state index is 14.9. The van der Waals surface area contributed by atoms with Crippen molar-refractivity contribution in [1.82, 2.24) is 4.67 Å². The normalized spacial score (nSPS) is 31.3. The van der Waals surface area contributed by atoms with Crippen molar-refractivity contribution in [3.05, 3.63) is 114 Å². The van der Waals surface area contributed by atoms with Crippen LogP contribution in [0.2, 0.25) is 0 Å². The van der Waals surface area contributed by atoms with Crippen LogP contribution in [0.1, 0.15) is 24.4 Å². The summed E-state index contributed by atoms with van der Waals surface area (Å²) in [5.41, 5.74) is 0.645. The number of benzene rings is 2. The van der Waals surface area contributed by atoms with Gasteiger partial charge in [0.25, 0.3) is 0 Å². The first-order valence-corrected chi connectivity index (χ1v) is 12.2. The Balaban J connectivity index is 1.68. The Morgan fingerprint density at radius 2 is 1.68 bits per heavy atom. The van der Waals surface area contributed by atoms with E-state index >= 15 is 0 Å². The lowest BCUT2D eigenvalue weighted by Crippen LogP contribution is -2.39. The predicted octanol–water partition coefficient (Wildman–Crippen LogP) is 5.46. The molecule has 1 unspecified atom stereocenters. The molecule has 0 amide bonds. The smallest absolute Gasteiger partial charge is 0.204 e. The van der Waals surface area contributed by atoms with E-state index in [2.05, 4.69) is 29.8 Å². The van der Waals surface area contributed by atoms with E-state index in [0.717, 1.165) is 16.2 Å². The topological polar surface area (TPSA) is 53.7 Å². The van der Waals surface area contributed by atoms with Gasteiger partial charge in [0.1, 0.15) is 11.9 Å². The minimum Gasteiger partial charge on any atom is -0.467 e. The fraction of sp³-hybridized carbons (Fsp3) is 0.231. The molecule has 0 saturated carbocycles. The molecule has 1 fully saturated rings. The van der Waals surface area contributed by atoms with E-state index in [1.54, 1.807) is 18.4 Å². The van der Waals surface area contributed by atoms with E-state index < -0.39 is 18.9 Å². The summed E-state index contributed by atoms with van der Waals surface area (Å²) >= 11 is 0. The molecule has 0 bridgehead atoms. The molecule has 5 rings (SSSR count). The van der Waals surface area contributed by atoms with Crippen LogP contribution in [-0.4, -0.2) is 16.8 Å². The van der Waals surface area contributed by atoms with Gasteiger partial charge in [-0.25, -0.2) is 4.67 Å². The number of hydrogen-bond donors (Lipinski definition) is 1. The van der Waals surface area contributed by atoms with E-state index in [-0.39, 0.29) is 11.8 Å². The van der Waals surface area contributed by atoms with Crippen LogP contribution in [0.4, 0.5) is 0 Å². The van der Waals surface area contributed by atoms with Crippen LogP contribution in [0.3, 0.4) is 0 Å². The highest BCUT2D eigenvalue weighted by Gasteiger charge is 2.59. The van der Waals surface area contributed by atoms with Crippen molar-refractivity contribution in [2.24, 2.45) is 11.8 Å². The van der Waals surface area contributed by atoms with Crippen molar-refractivity contribution >= 4 is 12.6 Å². The maximum absolute atomic E-state index is 14.9. The van der Waals surface area contributed by atoms with Crippen LogP contribution < -0.4 is 5.30 Å². The van der Waals surface area contributed by atoms with Gasteiger partial charge in [-0.3, -0.25) is 4.57 Å². The molecule has 2 aliphatic rings. The average molecular weight is 431 g/mol. The van der Waals surface area contributed by atoms with Crippen molar-refractivity contribution in [1.29, 1.82) is 0 Å². The second-order valence-corrected chi connectivity index (χ2v) is 11.2. The lowest BCUT2D eigenvalue weighted by molar-refractivity contribution is 0.123. The summed E-state index contributed by atoms with van der Waals surface area (Å²) in [6.07, 6.45) is 6.90. The monoisotopic (exact) mass is 431 g/mol. The van der Waals surface area contributed by atoms with Crippen molar-refractivity contribution < 1.29 is 14.1 Å². The van der Waals surface area contributed by atoms with Gasteiger partial charge in [0.15, 0.2) is 0 Å². The molecule has 1 aliphatic carbocycles. The molecule has 0 spiro atoms. The minimum absolute atomic E-state index is 0.0639. The zero-order chi connectivity index (χ0) is 21.6. The Kier molecular flexibility index (Phi) is 4.90. The molecular weight excluding hydrogens is 405 g/mol. The van der Waals surface area contributed by atoms with E-state index in [9.17, 15) is 9.67 Å². The quantitative estimate of drug-likeness (QED) is 0.440. The molecule has 31 heavy (non-hydrogen) atoms. The van der Waals surface area contributed by atoms with Crippen LogP contribution in [0, 0.1) is 11.8 Å². The Morgan fingerprint density at radius 1 is 1.00 bits per heavy atom. The molecule has 0 radical (unpaired) electrons. The largest absolute Gasteiger partial charge is 0.467 e. The molecule has 1 aromatic heterocycles. The Hall–Kier alpha value is -2.65. The zero-order valence-electron chi connectivity index (χ0n) is 17.6. The number of aliphatic hydroxyl groups is 1. The molecule has 2 heterocycles. The highest BCUT2D eigenvalue weighted by Crippen LogP contribution is 2.72. The van der Waals surface area contributed by atoms with Crippen LogP contribution >= 0.6 is 7.29 Å². The predicted molar refractivity (Wildman–Crippen MR) is 123 cm³/mol. The fourth-order valence-electron chi connectivity index (χ4n) is 5.07. The molecule has 5 atom stereocenters. The van der Waals surface area contributed by atoms with Crippen molar-refractivity contribution in [3.8, 4) is 0 Å². The number of aliphatic hydroxyl groups excluding tert-OH is 1. The second kappa shape index (κ2) is 7.49. The average Bonchev–Trinajstić information content (AvgIpc) is 3.42. The van der Waals surface area contributed by atoms with Crippen LogP contribution in [-0.2, 0) is 10.1 Å². The molecule has 1 aliphatic heterocycles. The highest BCUT2D eigenvalue weighted by molar-refractivity contribution is 7.73. The molecule has 3 aromatic rings. The van der Waals surface area contributed by atoms with Gasteiger partial charge in [-0.05, 0) is 43.8 Å². The van der Waals surface area contributed by atoms with Crippen molar-refractivity contribution in [2.75, 3.05) is 7.05 Å². The van der Waals surface area contributed by atoms with Gasteiger partial charge in [-0.1, -0.05) is 66.8 Å². The van der Waals surface area contributed by atoms with Gasteiger partial charge in [0.05, 0.1) is 11.8 Å². The summed E-state index contributed by atoms with van der Waals surface area (Å²) in [4.78, 5) is 0. The summed E-state index contributed by atoms with van der Waals surface area (Å²) in [7, 11) is -1.12. The number of hydrogen-bond acceptors (Lipinski definition) is 3. The lowest BCUT2D eigenvalue weighted by atomic mass is 9.76. The first-order chi connectivity index (χ1) is 15.0. The van der Waals surface area contributed by atoms with Gasteiger partial charge in [0.2, 0.25) is 7.29 Å². The zero-order valence-corrected chi connectivity index (χ0v) is 18.5. The Bertz CT molecular complexity index is 1170. The lowest BCUT2D eigenvalue weighted by Gasteiger charge is -2.37. The molecular formula is C26H26NO3P. The van der Waals surface area contributed by atoms with E-state index in [4.69, 9.17) is 4.42 Å². The Morgan fingerprint density at radius 3 is 2.32 bits per heavy atom. The van der Waals surface area contributed by atoms with Crippen LogP contribution in [0.25, 0.3) is 0 Å². The van der Waals surface area contributed by atoms with Crippen molar-refractivity contribution in [2.45, 2.75) is 18.6 Å². The first kappa shape index (κ1) is 20.3. The van der Waals surface area contributed by atoms with Gasteiger partial charge in [-0.15, -0.1) is 0 Å². The number of rotatable bonds is 4. The van der Waals surface area contributed by atoms with Crippen LogP contribution in [0.5, 0.6) is 0 Å². The molecule has 4 nitrogen and oxygen atoms in total. The van der Waals surface area contributed by atoms with Gasteiger partial charge in [-0.2, -0.15) is 0 Å². The van der Waals surface area contributed by atoms with Gasteiger partial charge < -0.3 is 9.52 Å². The molecule has 1 saturated heterocycles. The standard InChI is InChI=1S/C26H26NO3P/c1-26(20-10-5-3-6-11-20)22-16-15-19(25(28)23-14-9-17-30-23)18-24(22)31(29,27(26)2)21-12-7-4-8-13-21/h3-19,22,25,28H,1-2H3/t19-,22+,25-,26-,31?/m1/s1. The van der Waals surface area contributed by atoms with E-state index in [1.807, 2.05) is 67.7 Å². The minimum atomic E-state index is -3.08. The van der Waals surface area contributed by atoms with E-state index in [0.29, 0.717) is 5.76 Å². The highest BCUT2D eigenvalue weighted by atomic mass is 31.2. The summed E-state index contributed by atoms with van der Waals surface area (Å²) in [5.74, 6) is 0.142. The first-order valence-electron chi connectivity index (χ1n) is 10.5. The maximum Gasteiger partial charge on any atom is 0.204 e. The third kappa shape index (κ3) is 2.94. The fourth-order valence-corrected chi connectivity index (χ4v) is 8.55. The summed E-state index contributed by atoms with van der Waals surface area (Å²) in [6.45, 7) is 2.16. The molecule has 2 aromatic carbocycles. The second-order valence-electron chi connectivity index (χ2n) is 8.44. The third-order valence-electron chi connectivity index (χ3n) is 6.92. The molecule has 158 valence electrons. The summed E-state index contributed by atoms with van der Waals surface area (Å²) in [6, 6.07) is 23.5. The number of nitrogens with zero attached hydrogens (tertiary/aromatic N) is 1. The summed E-state index contributed by atoms with van der Waals surface area (Å²) < 4.78 is 22.4. The van der Waals surface area contributed by atoms with E-state index in [1.165, 1.54) is 0 Å². The van der Waals surface area contributed by atoms with Gasteiger partial charge >= 0.3 is 0 Å². The van der Waals surface area contributed by atoms with Crippen LogP contribution in [0.15, 0.2) is 107 Å². The number of furan rings is 1. The number of fused-ring (bicyclic) bond motifs is 1. The Labute approximate surface area is 182 Å². The van der Waals surface area contributed by atoms with Gasteiger partial charge in [0, 0.05) is 22.5 Å². The summed E-state index contributed by atoms with van der Waals surface area (Å²) in [5, 5.41) is 12.6.